The molecule has 1 aromatic heterocycles. The number of nitrogens with one attached hydrogen (secondary N) is 3. The third-order valence-corrected chi connectivity index (χ3v) is 7.58. The number of sulfonamides is 1. The number of nitrogens with zero attached hydrogens (tertiary/aromatic N) is 2. The van der Waals surface area contributed by atoms with Crippen LogP contribution >= 0.6 is 0 Å². The van der Waals surface area contributed by atoms with E-state index in [4.69, 9.17) is 0 Å². The number of aromatic amines is 1. The molecule has 1 saturated heterocycles. The maximum atomic E-state index is 13.1. The lowest BCUT2D eigenvalue weighted by Crippen LogP contribution is -2.48. The summed E-state index contributed by atoms with van der Waals surface area (Å²) in [4.78, 5) is 40.1. The third kappa shape index (κ3) is 6.01. The highest BCUT2D eigenvalue weighted by molar-refractivity contribution is 7.89. The van der Waals surface area contributed by atoms with E-state index in [9.17, 15) is 22.8 Å². The van der Waals surface area contributed by atoms with Crippen molar-refractivity contribution in [3.63, 3.8) is 0 Å². The van der Waals surface area contributed by atoms with Crippen LogP contribution in [-0.2, 0) is 16.6 Å². The van der Waals surface area contributed by atoms with Gasteiger partial charge in [-0.2, -0.15) is 4.31 Å². The Morgan fingerprint density at radius 3 is 2.00 bits per heavy atom. The van der Waals surface area contributed by atoms with Crippen LogP contribution in [-0.4, -0.2) is 60.6 Å². The highest BCUT2D eigenvalue weighted by Crippen LogP contribution is 2.19. The van der Waals surface area contributed by atoms with Gasteiger partial charge in [0.25, 0.3) is 11.8 Å². The summed E-state index contributed by atoms with van der Waals surface area (Å²) in [6, 6.07) is 18.1. The molecule has 1 fully saturated rings. The molecule has 0 bridgehead atoms. The predicted molar refractivity (Wildman–Crippen MR) is 129 cm³/mol. The second-order valence-corrected chi connectivity index (χ2v) is 9.98. The van der Waals surface area contributed by atoms with Crippen molar-refractivity contribution >= 4 is 21.8 Å². The summed E-state index contributed by atoms with van der Waals surface area (Å²) in [5.41, 5.74) is 5.68. The molecular weight excluding hydrogens is 470 g/mol. The number of carbonyl (C=O) groups excluding carboxylic acids is 2. The fourth-order valence-electron chi connectivity index (χ4n) is 3.71. The quantitative estimate of drug-likeness (QED) is 0.437. The van der Waals surface area contributed by atoms with E-state index in [1.54, 1.807) is 0 Å². The van der Waals surface area contributed by atoms with Gasteiger partial charge >= 0.3 is 0 Å². The lowest BCUT2D eigenvalue weighted by atomic mass is 10.2. The van der Waals surface area contributed by atoms with Gasteiger partial charge in [0.1, 0.15) is 0 Å². The molecule has 2 heterocycles. The minimum atomic E-state index is -3.69. The first kappa shape index (κ1) is 24.3. The largest absolute Gasteiger partial charge is 0.328 e. The average Bonchev–Trinajstić information content (AvgIpc) is 2.88. The van der Waals surface area contributed by atoms with E-state index in [0.717, 1.165) is 6.54 Å². The zero-order valence-electron chi connectivity index (χ0n) is 18.8. The van der Waals surface area contributed by atoms with Crippen LogP contribution in [0.25, 0.3) is 0 Å². The first-order valence-corrected chi connectivity index (χ1v) is 12.4. The van der Waals surface area contributed by atoms with E-state index in [2.05, 4.69) is 32.9 Å². The number of hydrogen-bond acceptors (Lipinski definition) is 6. The number of carbonyl (C=O) groups is 2. The molecule has 1 aliphatic heterocycles. The lowest BCUT2D eigenvalue weighted by Gasteiger charge is -2.34. The number of hydrogen-bond donors (Lipinski definition) is 3. The maximum Gasteiger partial charge on any atom is 0.271 e. The van der Waals surface area contributed by atoms with Crippen LogP contribution in [0.4, 0.5) is 0 Å². The Hall–Kier alpha value is -3.80. The molecule has 0 atom stereocenters. The fourth-order valence-corrected chi connectivity index (χ4v) is 5.13. The highest BCUT2D eigenvalue weighted by Gasteiger charge is 2.28. The van der Waals surface area contributed by atoms with E-state index in [0.29, 0.717) is 26.2 Å². The van der Waals surface area contributed by atoms with Gasteiger partial charge in [0.2, 0.25) is 15.6 Å². The lowest BCUT2D eigenvalue weighted by molar-refractivity contribution is 0.0846. The zero-order valence-corrected chi connectivity index (χ0v) is 19.6. The second-order valence-electron chi connectivity index (χ2n) is 8.04. The Morgan fingerprint density at radius 1 is 0.800 bits per heavy atom. The molecule has 4 rings (SSSR count). The molecule has 0 saturated carbocycles. The van der Waals surface area contributed by atoms with Gasteiger partial charge in [0.15, 0.2) is 0 Å². The molecule has 10 nitrogen and oxygen atoms in total. The molecule has 1 aliphatic rings. The van der Waals surface area contributed by atoms with Crippen LogP contribution in [0.1, 0.15) is 26.3 Å². The average molecular weight is 496 g/mol. The molecule has 35 heavy (non-hydrogen) atoms. The number of H-pyrrole nitrogens is 1. The summed E-state index contributed by atoms with van der Waals surface area (Å²) in [6.07, 6.45) is 1.23. The fraction of sp³-hybridized carbons (Fsp3) is 0.208. The minimum Gasteiger partial charge on any atom is -0.328 e. The molecule has 182 valence electrons. The van der Waals surface area contributed by atoms with Crippen molar-refractivity contribution in [2.45, 2.75) is 11.4 Å². The van der Waals surface area contributed by atoms with Crippen molar-refractivity contribution in [1.29, 1.82) is 0 Å². The molecule has 0 spiro atoms. The van der Waals surface area contributed by atoms with Crippen LogP contribution in [0.3, 0.4) is 0 Å². The van der Waals surface area contributed by atoms with Gasteiger partial charge in [-0.1, -0.05) is 30.3 Å². The Morgan fingerprint density at radius 2 is 1.40 bits per heavy atom. The van der Waals surface area contributed by atoms with Crippen molar-refractivity contribution in [2.24, 2.45) is 0 Å². The maximum absolute atomic E-state index is 13.1. The predicted octanol–water partition coefficient (Wildman–Crippen LogP) is 0.956. The summed E-state index contributed by atoms with van der Waals surface area (Å²) in [6.45, 7) is 2.80. The molecular formula is C24H25N5O5S. The standard InChI is InChI=1S/C24H25N5O5S/c30-22-11-8-20(16-25-22)24(32)27-26-23(31)19-6-9-21(10-7-19)35(33,34)29-14-12-28(13-15-29)17-18-4-2-1-3-5-18/h1-11,16H,12-15,17H2,(H,25,30)(H,26,31)(H,27,32). The van der Waals surface area contributed by atoms with Crippen LogP contribution < -0.4 is 16.4 Å². The van der Waals surface area contributed by atoms with Gasteiger partial charge in [-0.05, 0) is 35.9 Å². The number of hydrazine groups is 1. The summed E-state index contributed by atoms with van der Waals surface area (Å²) >= 11 is 0. The molecule has 0 unspecified atom stereocenters. The van der Waals surface area contributed by atoms with Crippen molar-refractivity contribution in [2.75, 3.05) is 26.2 Å². The highest BCUT2D eigenvalue weighted by atomic mass is 32.2. The summed E-state index contributed by atoms with van der Waals surface area (Å²) in [5, 5.41) is 0. The normalized spacial score (nSPS) is 14.9. The van der Waals surface area contributed by atoms with Gasteiger partial charge in [-0.3, -0.25) is 30.1 Å². The van der Waals surface area contributed by atoms with Crippen molar-refractivity contribution in [3.8, 4) is 0 Å². The summed E-state index contributed by atoms with van der Waals surface area (Å²) in [5.74, 6) is -1.22. The Bertz CT molecular complexity index is 1330. The van der Waals surface area contributed by atoms with E-state index < -0.39 is 21.8 Å². The Labute approximate surface area is 202 Å². The van der Waals surface area contributed by atoms with E-state index in [1.807, 2.05) is 18.2 Å². The van der Waals surface area contributed by atoms with Crippen molar-refractivity contribution in [3.05, 3.63) is 100.0 Å². The molecule has 2 aromatic carbocycles. The van der Waals surface area contributed by atoms with Gasteiger partial charge in [-0.25, -0.2) is 8.42 Å². The SMILES string of the molecule is O=C(NNC(=O)c1ccc(=O)[nH]c1)c1ccc(S(=O)(=O)N2CCN(Cc3ccccc3)CC2)cc1. The summed E-state index contributed by atoms with van der Waals surface area (Å²) in [7, 11) is -3.69. The van der Waals surface area contributed by atoms with Gasteiger partial charge < -0.3 is 4.98 Å². The number of pyridine rings is 1. The van der Waals surface area contributed by atoms with Gasteiger partial charge in [0.05, 0.1) is 10.5 Å². The molecule has 3 N–H and O–H groups in total. The first-order valence-electron chi connectivity index (χ1n) is 11.0. The topological polar surface area (TPSA) is 132 Å². The van der Waals surface area contributed by atoms with Crippen molar-refractivity contribution < 1.29 is 18.0 Å². The Kier molecular flexibility index (Phi) is 7.39. The number of amides is 2. The number of piperazine rings is 1. The third-order valence-electron chi connectivity index (χ3n) is 5.67. The van der Waals surface area contributed by atoms with E-state index >= 15 is 0 Å². The van der Waals surface area contributed by atoms with Crippen LogP contribution in [0.2, 0.25) is 0 Å². The first-order chi connectivity index (χ1) is 16.8. The zero-order chi connectivity index (χ0) is 24.8. The van der Waals surface area contributed by atoms with Crippen LogP contribution in [0.15, 0.2) is 82.6 Å². The Balaban J connectivity index is 1.31. The second kappa shape index (κ2) is 10.6. The van der Waals surface area contributed by atoms with Gasteiger partial charge in [-0.15, -0.1) is 0 Å². The van der Waals surface area contributed by atoms with E-state index in [-0.39, 0.29) is 21.6 Å². The number of rotatable bonds is 6. The molecule has 3 aromatic rings. The molecule has 11 heteroatoms. The van der Waals surface area contributed by atoms with Crippen molar-refractivity contribution in [1.82, 2.24) is 25.0 Å². The smallest absolute Gasteiger partial charge is 0.271 e. The molecule has 0 aliphatic carbocycles. The molecule has 0 radical (unpaired) electrons. The van der Waals surface area contributed by atoms with Crippen LogP contribution in [0.5, 0.6) is 0 Å². The monoisotopic (exact) mass is 495 g/mol. The number of aromatic nitrogens is 1. The van der Waals surface area contributed by atoms with E-state index in [1.165, 1.54) is 52.5 Å². The van der Waals surface area contributed by atoms with Gasteiger partial charge in [0, 0.05) is 50.6 Å². The molecule has 2 amide bonds. The summed E-state index contributed by atoms with van der Waals surface area (Å²) < 4.78 is 27.6. The minimum absolute atomic E-state index is 0.0998. The van der Waals surface area contributed by atoms with Crippen LogP contribution in [0, 0.1) is 0 Å². The number of benzene rings is 2.